The van der Waals surface area contributed by atoms with E-state index in [0.717, 1.165) is 22.7 Å². The van der Waals surface area contributed by atoms with Crippen molar-refractivity contribution < 1.29 is 4.74 Å². The van der Waals surface area contributed by atoms with Crippen molar-refractivity contribution in [2.45, 2.75) is 6.92 Å². The molecular formula is C14H15N3O. The number of amidine groups is 1. The Morgan fingerprint density at radius 3 is 2.44 bits per heavy atom. The summed E-state index contributed by atoms with van der Waals surface area (Å²) in [6, 6.07) is 7.68. The molecule has 0 spiro atoms. The first-order chi connectivity index (χ1) is 8.78. The van der Waals surface area contributed by atoms with Gasteiger partial charge in [-0.3, -0.25) is 4.99 Å². The van der Waals surface area contributed by atoms with Crippen LogP contribution in [0.15, 0.2) is 51.0 Å². The summed E-state index contributed by atoms with van der Waals surface area (Å²) in [5.41, 5.74) is 2.62. The lowest BCUT2D eigenvalue weighted by Crippen LogP contribution is -1.99. The van der Waals surface area contributed by atoms with Gasteiger partial charge in [-0.1, -0.05) is 6.08 Å². The largest absolute Gasteiger partial charge is 0.497 e. The lowest BCUT2D eigenvalue weighted by molar-refractivity contribution is 0.415. The van der Waals surface area contributed by atoms with Crippen molar-refractivity contribution in [1.82, 2.24) is 0 Å². The minimum atomic E-state index is 0.709. The molecule has 1 heterocycles. The molecule has 1 aliphatic rings. The van der Waals surface area contributed by atoms with E-state index in [2.05, 4.69) is 15.0 Å². The third kappa shape index (κ3) is 2.37. The highest BCUT2D eigenvalue weighted by molar-refractivity contribution is 6.42. The molecular weight excluding hydrogens is 226 g/mol. The van der Waals surface area contributed by atoms with Crippen LogP contribution in [0.2, 0.25) is 0 Å². The standard InChI is InChI=1S/C14H15N3O/c1-4-12-13(9-15-2)17-14(16-12)10-5-7-11(18-3)8-6-10/h4-9H,1-3H3/b12-4+,15-9?. The maximum Gasteiger partial charge on any atom is 0.160 e. The number of rotatable bonds is 3. The first-order valence-corrected chi connectivity index (χ1v) is 5.69. The number of allylic oxidation sites excluding steroid dienone is 2. The summed E-state index contributed by atoms with van der Waals surface area (Å²) < 4.78 is 5.13. The summed E-state index contributed by atoms with van der Waals surface area (Å²) in [5.74, 6) is 1.53. The van der Waals surface area contributed by atoms with Crippen molar-refractivity contribution in [2.24, 2.45) is 15.0 Å². The average Bonchev–Trinajstić information content (AvgIpc) is 2.82. The summed E-state index contributed by atoms with van der Waals surface area (Å²) in [4.78, 5) is 12.9. The molecule has 0 aliphatic carbocycles. The van der Waals surface area contributed by atoms with Gasteiger partial charge in [0.15, 0.2) is 5.84 Å². The Balaban J connectivity index is 2.34. The molecule has 18 heavy (non-hydrogen) atoms. The Labute approximate surface area is 106 Å². The number of ether oxygens (including phenoxy) is 1. The molecule has 0 atom stereocenters. The molecule has 0 N–H and O–H groups in total. The molecule has 1 aromatic carbocycles. The Morgan fingerprint density at radius 1 is 1.17 bits per heavy atom. The molecule has 0 radical (unpaired) electrons. The van der Waals surface area contributed by atoms with Gasteiger partial charge in [0.25, 0.3) is 0 Å². The smallest absolute Gasteiger partial charge is 0.160 e. The minimum Gasteiger partial charge on any atom is -0.497 e. The van der Waals surface area contributed by atoms with Crippen LogP contribution in [0.4, 0.5) is 0 Å². The van der Waals surface area contributed by atoms with Crippen molar-refractivity contribution in [3.05, 3.63) is 41.6 Å². The van der Waals surface area contributed by atoms with Crippen LogP contribution >= 0.6 is 0 Å². The number of benzene rings is 1. The van der Waals surface area contributed by atoms with Gasteiger partial charge < -0.3 is 4.74 Å². The van der Waals surface area contributed by atoms with Crippen LogP contribution in [0.1, 0.15) is 12.5 Å². The van der Waals surface area contributed by atoms with E-state index in [1.54, 1.807) is 20.4 Å². The third-order valence-electron chi connectivity index (χ3n) is 2.59. The van der Waals surface area contributed by atoms with Gasteiger partial charge in [0.1, 0.15) is 11.5 Å². The van der Waals surface area contributed by atoms with Crippen LogP contribution < -0.4 is 4.74 Å². The van der Waals surface area contributed by atoms with Gasteiger partial charge in [-0.05, 0) is 31.2 Å². The van der Waals surface area contributed by atoms with Crippen molar-refractivity contribution in [3.8, 4) is 5.75 Å². The van der Waals surface area contributed by atoms with Crippen molar-refractivity contribution in [1.29, 1.82) is 0 Å². The molecule has 0 amide bonds. The molecule has 0 fully saturated rings. The van der Waals surface area contributed by atoms with E-state index < -0.39 is 0 Å². The van der Waals surface area contributed by atoms with Gasteiger partial charge in [0, 0.05) is 18.8 Å². The Hall–Kier alpha value is -2.23. The van der Waals surface area contributed by atoms with Gasteiger partial charge in [-0.2, -0.15) is 0 Å². The quantitative estimate of drug-likeness (QED) is 0.750. The molecule has 0 aromatic heterocycles. The number of hydrogen-bond donors (Lipinski definition) is 0. The SMILES string of the molecule is C/C=C1/N=C(c2ccc(OC)cc2)N=C1C=NC. The number of aliphatic imine (C=N–C) groups is 3. The highest BCUT2D eigenvalue weighted by Crippen LogP contribution is 2.17. The Kier molecular flexibility index (Phi) is 3.67. The number of nitrogens with zero attached hydrogens (tertiary/aromatic N) is 3. The number of hydrogen-bond acceptors (Lipinski definition) is 4. The van der Waals surface area contributed by atoms with Gasteiger partial charge in [0.05, 0.1) is 12.8 Å². The second-order valence-corrected chi connectivity index (χ2v) is 3.72. The van der Waals surface area contributed by atoms with Crippen LogP contribution in [-0.4, -0.2) is 31.9 Å². The van der Waals surface area contributed by atoms with Crippen LogP contribution in [0.25, 0.3) is 0 Å². The monoisotopic (exact) mass is 241 g/mol. The third-order valence-corrected chi connectivity index (χ3v) is 2.59. The topological polar surface area (TPSA) is 46.3 Å². The average molecular weight is 241 g/mol. The van der Waals surface area contributed by atoms with E-state index >= 15 is 0 Å². The van der Waals surface area contributed by atoms with E-state index in [0.29, 0.717) is 5.84 Å². The zero-order valence-electron chi connectivity index (χ0n) is 10.7. The highest BCUT2D eigenvalue weighted by atomic mass is 16.5. The second kappa shape index (κ2) is 5.40. The molecule has 92 valence electrons. The summed E-state index contributed by atoms with van der Waals surface area (Å²) >= 11 is 0. The summed E-state index contributed by atoms with van der Waals surface area (Å²) in [6.45, 7) is 1.94. The van der Waals surface area contributed by atoms with Crippen LogP contribution in [0, 0.1) is 0 Å². The van der Waals surface area contributed by atoms with Gasteiger partial charge in [-0.15, -0.1) is 0 Å². The number of methoxy groups -OCH3 is 1. The summed E-state index contributed by atoms with van der Waals surface area (Å²) in [7, 11) is 3.37. The maximum absolute atomic E-state index is 5.13. The lowest BCUT2D eigenvalue weighted by atomic mass is 10.2. The van der Waals surface area contributed by atoms with E-state index in [-0.39, 0.29) is 0 Å². The van der Waals surface area contributed by atoms with Crippen LogP contribution in [0.3, 0.4) is 0 Å². The van der Waals surface area contributed by atoms with Crippen LogP contribution in [-0.2, 0) is 0 Å². The zero-order chi connectivity index (χ0) is 13.0. The fourth-order valence-electron chi connectivity index (χ4n) is 1.67. The van der Waals surface area contributed by atoms with Crippen molar-refractivity contribution in [2.75, 3.05) is 14.2 Å². The Morgan fingerprint density at radius 2 is 1.89 bits per heavy atom. The molecule has 2 rings (SSSR count). The van der Waals surface area contributed by atoms with Crippen LogP contribution in [0.5, 0.6) is 5.75 Å². The summed E-state index contributed by atoms with van der Waals surface area (Å²) in [6.07, 6.45) is 3.65. The van der Waals surface area contributed by atoms with E-state index in [9.17, 15) is 0 Å². The maximum atomic E-state index is 5.13. The fraction of sp³-hybridized carbons (Fsp3) is 0.214. The molecule has 0 unspecified atom stereocenters. The molecule has 0 bridgehead atoms. The molecule has 1 aliphatic heterocycles. The highest BCUT2D eigenvalue weighted by Gasteiger charge is 2.15. The molecule has 0 saturated carbocycles. The van der Waals surface area contributed by atoms with Gasteiger partial charge in [0.2, 0.25) is 0 Å². The van der Waals surface area contributed by atoms with Crippen molar-refractivity contribution >= 4 is 17.8 Å². The van der Waals surface area contributed by atoms with E-state index in [1.807, 2.05) is 37.3 Å². The molecule has 4 heteroatoms. The van der Waals surface area contributed by atoms with E-state index in [4.69, 9.17) is 4.74 Å². The van der Waals surface area contributed by atoms with Gasteiger partial charge >= 0.3 is 0 Å². The first-order valence-electron chi connectivity index (χ1n) is 5.69. The first kappa shape index (κ1) is 12.2. The fourth-order valence-corrected chi connectivity index (χ4v) is 1.67. The molecule has 0 saturated heterocycles. The molecule has 1 aromatic rings. The lowest BCUT2D eigenvalue weighted by Gasteiger charge is -2.00. The predicted octanol–water partition coefficient (Wildman–Crippen LogP) is 2.50. The second-order valence-electron chi connectivity index (χ2n) is 3.72. The normalized spacial score (nSPS) is 17.2. The van der Waals surface area contributed by atoms with Gasteiger partial charge in [-0.25, -0.2) is 9.98 Å². The zero-order valence-corrected chi connectivity index (χ0v) is 10.7. The minimum absolute atomic E-state index is 0.709. The summed E-state index contributed by atoms with van der Waals surface area (Å²) in [5, 5.41) is 0. The van der Waals surface area contributed by atoms with Crippen molar-refractivity contribution in [3.63, 3.8) is 0 Å². The Bertz CT molecular complexity index is 551. The molecule has 4 nitrogen and oxygen atoms in total. The van der Waals surface area contributed by atoms with E-state index in [1.165, 1.54) is 0 Å². The predicted molar refractivity (Wildman–Crippen MR) is 75.1 cm³/mol.